The molecule has 1 aliphatic rings. The molecular weight excluding hydrogens is 130 g/mol. The Morgan fingerprint density at radius 2 is 2.10 bits per heavy atom. The zero-order valence-corrected chi connectivity index (χ0v) is 6.59. The molecule has 0 aromatic rings. The standard InChI is InChI=1S/C7H13NO2/c1-7(2,3)8-4-5(8)6(9)10/h5H,4H2,1-3H3,(H,9,10). The minimum Gasteiger partial charge on any atom is -0.480 e. The lowest BCUT2D eigenvalue weighted by atomic mass is 10.1. The van der Waals surface area contributed by atoms with Gasteiger partial charge in [0.15, 0.2) is 0 Å². The minimum atomic E-state index is -0.699. The van der Waals surface area contributed by atoms with E-state index in [1.54, 1.807) is 0 Å². The molecule has 0 radical (unpaired) electrons. The van der Waals surface area contributed by atoms with Crippen molar-refractivity contribution in [1.82, 2.24) is 4.90 Å². The normalized spacial score (nSPS) is 31.9. The van der Waals surface area contributed by atoms with Crippen molar-refractivity contribution in [3.63, 3.8) is 0 Å². The van der Waals surface area contributed by atoms with E-state index >= 15 is 0 Å². The molecule has 3 heteroatoms. The van der Waals surface area contributed by atoms with E-state index in [9.17, 15) is 4.79 Å². The van der Waals surface area contributed by atoms with Gasteiger partial charge >= 0.3 is 5.97 Å². The monoisotopic (exact) mass is 143 g/mol. The maximum Gasteiger partial charge on any atom is 0.322 e. The smallest absolute Gasteiger partial charge is 0.322 e. The first-order valence-corrected chi connectivity index (χ1v) is 3.42. The number of carboxylic acids is 1. The van der Waals surface area contributed by atoms with Gasteiger partial charge in [-0.25, -0.2) is 0 Å². The van der Waals surface area contributed by atoms with Crippen LogP contribution in [0.5, 0.6) is 0 Å². The van der Waals surface area contributed by atoms with Gasteiger partial charge in [-0.1, -0.05) is 0 Å². The van der Waals surface area contributed by atoms with Gasteiger partial charge in [0.25, 0.3) is 0 Å². The Kier molecular flexibility index (Phi) is 1.47. The number of aliphatic carboxylic acids is 1. The van der Waals surface area contributed by atoms with Crippen LogP contribution in [0.15, 0.2) is 0 Å². The van der Waals surface area contributed by atoms with Gasteiger partial charge < -0.3 is 5.11 Å². The van der Waals surface area contributed by atoms with Crippen LogP contribution in [0, 0.1) is 0 Å². The van der Waals surface area contributed by atoms with Crippen molar-refractivity contribution >= 4 is 5.97 Å². The van der Waals surface area contributed by atoms with Crippen molar-refractivity contribution in [2.45, 2.75) is 32.4 Å². The molecule has 1 fully saturated rings. The quantitative estimate of drug-likeness (QED) is 0.545. The molecule has 1 aliphatic heterocycles. The van der Waals surface area contributed by atoms with Crippen molar-refractivity contribution in [1.29, 1.82) is 0 Å². The van der Waals surface area contributed by atoms with Crippen LogP contribution in [0.25, 0.3) is 0 Å². The van der Waals surface area contributed by atoms with Gasteiger partial charge in [-0.3, -0.25) is 9.69 Å². The van der Waals surface area contributed by atoms with E-state index in [4.69, 9.17) is 5.11 Å². The molecule has 0 bridgehead atoms. The molecule has 0 aliphatic carbocycles. The Balaban J connectivity index is 2.46. The lowest BCUT2D eigenvalue weighted by molar-refractivity contribution is -0.137. The predicted octanol–water partition coefficient (Wildman–Crippen LogP) is 0.554. The molecule has 3 nitrogen and oxygen atoms in total. The highest BCUT2D eigenvalue weighted by Gasteiger charge is 2.46. The molecule has 0 aromatic heterocycles. The SMILES string of the molecule is CC(C)(C)N1CC1C(=O)O. The number of hydrogen-bond acceptors (Lipinski definition) is 2. The maximum absolute atomic E-state index is 10.4. The third-order valence-electron chi connectivity index (χ3n) is 1.76. The van der Waals surface area contributed by atoms with E-state index in [2.05, 4.69) is 0 Å². The molecule has 1 heterocycles. The first-order chi connectivity index (χ1) is 4.43. The zero-order chi connectivity index (χ0) is 7.94. The summed E-state index contributed by atoms with van der Waals surface area (Å²) in [6, 6.07) is -0.222. The number of carboxylic acid groups (broad SMARTS) is 1. The van der Waals surface area contributed by atoms with E-state index in [1.165, 1.54) is 0 Å². The summed E-state index contributed by atoms with van der Waals surface area (Å²) in [6.07, 6.45) is 0. The molecule has 1 rings (SSSR count). The topological polar surface area (TPSA) is 40.3 Å². The first kappa shape index (κ1) is 7.54. The van der Waals surface area contributed by atoms with Gasteiger partial charge in [0.2, 0.25) is 0 Å². The van der Waals surface area contributed by atoms with Gasteiger partial charge in [0, 0.05) is 12.1 Å². The van der Waals surface area contributed by atoms with E-state index < -0.39 is 5.97 Å². The molecular formula is C7H13NO2. The number of hydrogen-bond donors (Lipinski definition) is 1. The second kappa shape index (κ2) is 1.95. The third kappa shape index (κ3) is 1.29. The molecule has 0 saturated carbocycles. The fourth-order valence-electron chi connectivity index (χ4n) is 1.09. The Bertz CT molecular complexity index is 159. The zero-order valence-electron chi connectivity index (χ0n) is 6.59. The van der Waals surface area contributed by atoms with Gasteiger partial charge in [0.1, 0.15) is 6.04 Å². The number of nitrogens with zero attached hydrogens (tertiary/aromatic N) is 1. The first-order valence-electron chi connectivity index (χ1n) is 3.42. The van der Waals surface area contributed by atoms with Crippen LogP contribution in [-0.2, 0) is 4.79 Å². The van der Waals surface area contributed by atoms with Crippen LogP contribution in [0.2, 0.25) is 0 Å². The van der Waals surface area contributed by atoms with Crippen LogP contribution in [-0.4, -0.2) is 34.1 Å². The second-order valence-corrected chi connectivity index (χ2v) is 3.68. The molecule has 10 heavy (non-hydrogen) atoms. The van der Waals surface area contributed by atoms with E-state index in [1.807, 2.05) is 25.7 Å². The van der Waals surface area contributed by atoms with Gasteiger partial charge in [-0.05, 0) is 20.8 Å². The van der Waals surface area contributed by atoms with Crippen LogP contribution < -0.4 is 0 Å². The summed E-state index contributed by atoms with van der Waals surface area (Å²) in [5, 5.41) is 8.55. The van der Waals surface area contributed by atoms with Crippen LogP contribution in [0.4, 0.5) is 0 Å². The summed E-state index contributed by atoms with van der Waals surface area (Å²) >= 11 is 0. The molecule has 0 amide bonds. The summed E-state index contributed by atoms with van der Waals surface area (Å²) in [4.78, 5) is 12.3. The third-order valence-corrected chi connectivity index (χ3v) is 1.76. The van der Waals surface area contributed by atoms with Gasteiger partial charge in [-0.2, -0.15) is 0 Å². The van der Waals surface area contributed by atoms with Gasteiger partial charge in [0.05, 0.1) is 0 Å². The average molecular weight is 143 g/mol. The molecule has 2 unspecified atom stereocenters. The Morgan fingerprint density at radius 3 is 2.20 bits per heavy atom. The average Bonchev–Trinajstić information content (AvgIpc) is 2.35. The Morgan fingerprint density at radius 1 is 1.60 bits per heavy atom. The lowest BCUT2D eigenvalue weighted by Gasteiger charge is -2.20. The van der Waals surface area contributed by atoms with Crippen LogP contribution in [0.1, 0.15) is 20.8 Å². The molecule has 58 valence electrons. The second-order valence-electron chi connectivity index (χ2n) is 3.68. The van der Waals surface area contributed by atoms with Crippen molar-refractivity contribution in [3.8, 4) is 0 Å². The maximum atomic E-state index is 10.4. The number of carbonyl (C=O) groups is 1. The largest absolute Gasteiger partial charge is 0.480 e. The van der Waals surface area contributed by atoms with Crippen LogP contribution in [0.3, 0.4) is 0 Å². The lowest BCUT2D eigenvalue weighted by Crippen LogP contribution is -2.29. The fourth-order valence-corrected chi connectivity index (χ4v) is 1.09. The Labute approximate surface area is 60.6 Å². The molecule has 0 spiro atoms. The summed E-state index contributed by atoms with van der Waals surface area (Å²) < 4.78 is 0. The predicted molar refractivity (Wildman–Crippen MR) is 37.9 cm³/mol. The highest BCUT2D eigenvalue weighted by atomic mass is 16.4. The molecule has 1 saturated heterocycles. The van der Waals surface area contributed by atoms with Crippen LogP contribution >= 0.6 is 0 Å². The molecule has 1 N–H and O–H groups in total. The van der Waals surface area contributed by atoms with Gasteiger partial charge in [-0.15, -0.1) is 0 Å². The minimum absolute atomic E-state index is 0.0169. The van der Waals surface area contributed by atoms with E-state index in [0.29, 0.717) is 6.54 Å². The Hall–Kier alpha value is -0.570. The van der Waals surface area contributed by atoms with E-state index in [0.717, 1.165) is 0 Å². The highest BCUT2D eigenvalue weighted by molar-refractivity contribution is 5.77. The fraction of sp³-hybridized carbons (Fsp3) is 0.857. The summed E-state index contributed by atoms with van der Waals surface area (Å²) in [6.45, 7) is 6.78. The van der Waals surface area contributed by atoms with Crippen molar-refractivity contribution in [2.75, 3.05) is 6.54 Å². The van der Waals surface area contributed by atoms with Crippen molar-refractivity contribution in [3.05, 3.63) is 0 Å². The van der Waals surface area contributed by atoms with Crippen molar-refractivity contribution < 1.29 is 9.90 Å². The summed E-state index contributed by atoms with van der Waals surface area (Å²) in [5.74, 6) is -0.699. The van der Waals surface area contributed by atoms with E-state index in [-0.39, 0.29) is 11.6 Å². The molecule has 2 atom stereocenters. The van der Waals surface area contributed by atoms with Crippen molar-refractivity contribution in [2.24, 2.45) is 0 Å². The summed E-state index contributed by atoms with van der Waals surface area (Å²) in [7, 11) is 0. The molecule has 0 aromatic carbocycles. The highest BCUT2D eigenvalue weighted by Crippen LogP contribution is 2.28. The number of rotatable bonds is 1. The summed E-state index contributed by atoms with van der Waals surface area (Å²) in [5.41, 5.74) is 0.0169.